The van der Waals surface area contributed by atoms with Crippen molar-refractivity contribution in [2.45, 2.75) is 39.0 Å². The summed E-state index contributed by atoms with van der Waals surface area (Å²) in [6.07, 6.45) is -2.46. The molecular formula is C16H17ClF3N5O2S2. The number of fused-ring (bicyclic) bond motifs is 1. The van der Waals surface area contributed by atoms with Gasteiger partial charge in [0.15, 0.2) is 0 Å². The Morgan fingerprint density at radius 3 is 2.59 bits per heavy atom. The van der Waals surface area contributed by atoms with Gasteiger partial charge in [0.05, 0.1) is 16.8 Å². The van der Waals surface area contributed by atoms with Crippen molar-refractivity contribution in [2.75, 3.05) is 5.32 Å². The Kier molecular flexibility index (Phi) is 7.74. The van der Waals surface area contributed by atoms with Crippen LogP contribution in [0.5, 0.6) is 0 Å². The lowest BCUT2D eigenvalue weighted by Crippen LogP contribution is -2.21. The lowest BCUT2D eigenvalue weighted by Gasteiger charge is -2.05. The Morgan fingerprint density at radius 1 is 1.41 bits per heavy atom. The number of anilines is 1. The first-order valence-electron chi connectivity index (χ1n) is 8.12. The van der Waals surface area contributed by atoms with E-state index in [-0.39, 0.29) is 11.3 Å². The molecule has 158 valence electrons. The molecule has 3 rings (SSSR count). The molecular weight excluding hydrogens is 451 g/mol. The SMILES string of the molecule is Cc1c(CC(C)N)sc2c(NCc3nccs3)nc(Cl)nc12.O=C(O)C(F)(F)F. The van der Waals surface area contributed by atoms with E-state index in [0.29, 0.717) is 6.54 Å². The number of hydrogen-bond donors (Lipinski definition) is 3. The zero-order chi connectivity index (χ0) is 21.8. The molecule has 0 amide bonds. The summed E-state index contributed by atoms with van der Waals surface area (Å²) in [7, 11) is 0. The zero-order valence-electron chi connectivity index (χ0n) is 15.2. The molecule has 3 heterocycles. The largest absolute Gasteiger partial charge is 0.490 e. The number of aryl methyl sites for hydroxylation is 1. The van der Waals surface area contributed by atoms with E-state index < -0.39 is 12.1 Å². The summed E-state index contributed by atoms with van der Waals surface area (Å²) < 4.78 is 32.8. The number of carbonyl (C=O) groups is 1. The molecule has 1 atom stereocenters. The molecule has 4 N–H and O–H groups in total. The van der Waals surface area contributed by atoms with Gasteiger partial charge in [-0.05, 0) is 37.4 Å². The van der Waals surface area contributed by atoms with Crippen LogP contribution in [0.1, 0.15) is 22.4 Å². The van der Waals surface area contributed by atoms with Gasteiger partial charge in [-0.3, -0.25) is 0 Å². The lowest BCUT2D eigenvalue weighted by molar-refractivity contribution is -0.192. The van der Waals surface area contributed by atoms with Gasteiger partial charge in [0.25, 0.3) is 0 Å². The minimum atomic E-state index is -5.08. The Morgan fingerprint density at radius 2 is 2.07 bits per heavy atom. The van der Waals surface area contributed by atoms with Gasteiger partial charge in [-0.15, -0.1) is 22.7 Å². The number of carboxylic acid groups (broad SMARTS) is 1. The molecule has 0 bridgehead atoms. The van der Waals surface area contributed by atoms with Gasteiger partial charge < -0.3 is 16.2 Å². The van der Waals surface area contributed by atoms with Crippen molar-refractivity contribution in [3.05, 3.63) is 32.3 Å². The highest BCUT2D eigenvalue weighted by atomic mass is 35.5. The smallest absolute Gasteiger partial charge is 0.475 e. The van der Waals surface area contributed by atoms with E-state index in [9.17, 15) is 13.2 Å². The molecule has 0 radical (unpaired) electrons. The first-order chi connectivity index (χ1) is 13.5. The van der Waals surface area contributed by atoms with E-state index in [2.05, 4.69) is 27.2 Å². The number of nitrogens with one attached hydrogen (secondary N) is 1. The van der Waals surface area contributed by atoms with Crippen molar-refractivity contribution in [3.63, 3.8) is 0 Å². The summed E-state index contributed by atoms with van der Waals surface area (Å²) in [4.78, 5) is 23.1. The summed E-state index contributed by atoms with van der Waals surface area (Å²) in [6, 6.07) is 0.113. The van der Waals surface area contributed by atoms with Crippen LogP contribution in [0, 0.1) is 6.92 Å². The van der Waals surface area contributed by atoms with E-state index in [1.54, 1.807) is 28.9 Å². The van der Waals surface area contributed by atoms with Gasteiger partial charge in [-0.1, -0.05) is 0 Å². The Hall–Kier alpha value is -2.02. The molecule has 1 unspecified atom stereocenters. The highest BCUT2D eigenvalue weighted by Crippen LogP contribution is 2.35. The molecule has 7 nitrogen and oxygen atoms in total. The van der Waals surface area contributed by atoms with E-state index in [1.165, 1.54) is 4.88 Å². The predicted molar refractivity (Wildman–Crippen MR) is 108 cm³/mol. The van der Waals surface area contributed by atoms with Crippen LogP contribution >= 0.6 is 34.3 Å². The highest BCUT2D eigenvalue weighted by molar-refractivity contribution is 7.19. The molecule has 0 aliphatic heterocycles. The fourth-order valence-electron chi connectivity index (χ4n) is 2.21. The van der Waals surface area contributed by atoms with Gasteiger partial charge in [0.1, 0.15) is 10.8 Å². The number of nitrogens with two attached hydrogens (primary N) is 1. The minimum absolute atomic E-state index is 0.113. The number of carboxylic acids is 1. The van der Waals surface area contributed by atoms with Gasteiger partial charge in [0, 0.05) is 22.5 Å². The quantitative estimate of drug-likeness (QED) is 0.481. The minimum Gasteiger partial charge on any atom is -0.475 e. The normalized spacial score (nSPS) is 12.4. The number of halogens is 4. The van der Waals surface area contributed by atoms with Crippen molar-refractivity contribution >= 4 is 56.3 Å². The predicted octanol–water partition coefficient (Wildman–Crippen LogP) is 4.24. The number of rotatable bonds is 5. The van der Waals surface area contributed by atoms with Crippen molar-refractivity contribution in [1.29, 1.82) is 0 Å². The number of thiophene rings is 1. The first-order valence-corrected chi connectivity index (χ1v) is 10.2. The maximum atomic E-state index is 10.6. The standard InChI is InChI=1S/C14H16ClN5S2.C2HF3O2/c1-7(16)5-9-8(2)11-12(22-9)13(20-14(15)19-11)18-6-10-17-3-4-21-10;3-2(4,5)1(6)7/h3-4,7H,5-6,16H2,1-2H3,(H,18,19,20);(H,6,7). The van der Waals surface area contributed by atoms with Crippen LogP contribution in [0.4, 0.5) is 19.0 Å². The number of hydrogen-bond acceptors (Lipinski definition) is 8. The van der Waals surface area contributed by atoms with Crippen LogP contribution in [-0.4, -0.2) is 38.2 Å². The summed E-state index contributed by atoms with van der Waals surface area (Å²) in [6.45, 7) is 4.69. The first kappa shape index (κ1) is 23.3. The molecule has 0 aromatic carbocycles. The molecule has 0 aliphatic rings. The number of nitrogens with zero attached hydrogens (tertiary/aromatic N) is 3. The Bertz CT molecular complexity index is 977. The maximum absolute atomic E-state index is 10.6. The number of aliphatic carboxylic acids is 1. The van der Waals surface area contributed by atoms with Gasteiger partial charge in [-0.25, -0.2) is 14.8 Å². The molecule has 29 heavy (non-hydrogen) atoms. The van der Waals surface area contributed by atoms with Crippen LogP contribution in [0.3, 0.4) is 0 Å². The summed E-state index contributed by atoms with van der Waals surface area (Å²) >= 11 is 9.36. The Balaban J connectivity index is 0.000000370. The van der Waals surface area contributed by atoms with E-state index in [1.807, 2.05) is 12.3 Å². The van der Waals surface area contributed by atoms with Crippen molar-refractivity contribution < 1.29 is 23.1 Å². The number of aromatic nitrogens is 3. The topological polar surface area (TPSA) is 114 Å². The monoisotopic (exact) mass is 467 g/mol. The van der Waals surface area contributed by atoms with Gasteiger partial charge >= 0.3 is 12.1 Å². The Labute approximate surface area is 176 Å². The van der Waals surface area contributed by atoms with Crippen molar-refractivity contribution in [2.24, 2.45) is 5.73 Å². The second-order valence-corrected chi connectivity index (χ2v) is 8.36. The second kappa shape index (κ2) is 9.65. The van der Waals surface area contributed by atoms with E-state index >= 15 is 0 Å². The van der Waals surface area contributed by atoms with Crippen molar-refractivity contribution in [1.82, 2.24) is 15.0 Å². The molecule has 3 aromatic rings. The molecule has 3 aromatic heterocycles. The summed E-state index contributed by atoms with van der Waals surface area (Å²) in [5, 5.41) is 13.7. The average Bonchev–Trinajstić information content (AvgIpc) is 3.22. The van der Waals surface area contributed by atoms with Crippen LogP contribution in [-0.2, 0) is 17.8 Å². The average molecular weight is 468 g/mol. The summed E-state index contributed by atoms with van der Waals surface area (Å²) in [5.41, 5.74) is 7.97. The highest BCUT2D eigenvalue weighted by Gasteiger charge is 2.38. The zero-order valence-corrected chi connectivity index (χ0v) is 17.6. The molecule has 0 saturated heterocycles. The molecule has 13 heteroatoms. The van der Waals surface area contributed by atoms with Gasteiger partial charge in [-0.2, -0.15) is 18.2 Å². The van der Waals surface area contributed by atoms with Gasteiger partial charge in [0.2, 0.25) is 5.28 Å². The van der Waals surface area contributed by atoms with Crippen LogP contribution in [0.15, 0.2) is 11.6 Å². The van der Waals surface area contributed by atoms with Crippen LogP contribution in [0.2, 0.25) is 5.28 Å². The second-order valence-electron chi connectivity index (χ2n) is 5.93. The molecule has 0 fully saturated rings. The molecule has 0 aliphatic carbocycles. The third kappa shape index (κ3) is 6.49. The van der Waals surface area contributed by atoms with Crippen LogP contribution < -0.4 is 11.1 Å². The number of alkyl halides is 3. The maximum Gasteiger partial charge on any atom is 0.490 e. The third-order valence-corrected chi connectivity index (χ3v) is 5.74. The summed E-state index contributed by atoms with van der Waals surface area (Å²) in [5.74, 6) is -2.00. The van der Waals surface area contributed by atoms with Crippen molar-refractivity contribution in [3.8, 4) is 0 Å². The number of thiazole rings is 1. The fraction of sp³-hybridized carbons (Fsp3) is 0.375. The fourth-order valence-corrected chi connectivity index (χ4v) is 4.29. The molecule has 0 saturated carbocycles. The van der Waals surface area contributed by atoms with Crippen LogP contribution in [0.25, 0.3) is 10.2 Å². The lowest BCUT2D eigenvalue weighted by atomic mass is 10.1. The molecule has 0 spiro atoms. The third-order valence-electron chi connectivity index (χ3n) is 3.48. The van der Waals surface area contributed by atoms with E-state index in [0.717, 1.165) is 33.0 Å². The van der Waals surface area contributed by atoms with E-state index in [4.69, 9.17) is 27.2 Å².